The average molecular weight is 279 g/mol. The minimum atomic E-state index is -0.928. The van der Waals surface area contributed by atoms with Crippen molar-refractivity contribution in [2.45, 2.75) is 6.61 Å². The molecular weight excluding hydrogens is 266 g/mol. The van der Waals surface area contributed by atoms with Crippen molar-refractivity contribution in [2.75, 3.05) is 0 Å². The molecule has 1 N–H and O–H groups in total. The molecule has 4 heteroatoms. The lowest BCUT2D eigenvalue weighted by molar-refractivity contribution is 0.0697. The number of carboxylic acid groups (broad SMARTS) is 1. The number of hydrogen-bond donors (Lipinski definition) is 1. The van der Waals surface area contributed by atoms with Crippen molar-refractivity contribution in [1.29, 1.82) is 0 Å². The summed E-state index contributed by atoms with van der Waals surface area (Å²) in [6.07, 6.45) is 1.71. The molecule has 0 bridgehead atoms. The van der Waals surface area contributed by atoms with Crippen LogP contribution in [0.15, 0.2) is 60.8 Å². The molecule has 1 aromatic heterocycles. The van der Waals surface area contributed by atoms with Gasteiger partial charge in [-0.1, -0.05) is 24.3 Å². The number of benzene rings is 2. The van der Waals surface area contributed by atoms with Crippen LogP contribution < -0.4 is 4.74 Å². The van der Waals surface area contributed by atoms with Crippen LogP contribution in [0, 0.1) is 0 Å². The Labute approximate surface area is 121 Å². The Morgan fingerprint density at radius 1 is 1.05 bits per heavy atom. The number of ether oxygens (including phenoxy) is 1. The molecule has 4 nitrogen and oxygen atoms in total. The average Bonchev–Trinajstić information content (AvgIpc) is 2.53. The number of aromatic nitrogens is 1. The van der Waals surface area contributed by atoms with Gasteiger partial charge in [-0.25, -0.2) is 4.79 Å². The first-order valence-corrected chi connectivity index (χ1v) is 6.53. The van der Waals surface area contributed by atoms with E-state index in [9.17, 15) is 4.79 Å². The van der Waals surface area contributed by atoms with Gasteiger partial charge in [0, 0.05) is 11.6 Å². The monoisotopic (exact) mass is 279 g/mol. The molecule has 0 amide bonds. The molecule has 0 spiro atoms. The molecule has 0 atom stereocenters. The van der Waals surface area contributed by atoms with Crippen LogP contribution in [0.4, 0.5) is 0 Å². The van der Waals surface area contributed by atoms with Gasteiger partial charge >= 0.3 is 5.97 Å². The molecule has 0 radical (unpaired) electrons. The highest BCUT2D eigenvalue weighted by molar-refractivity contribution is 5.87. The number of carboxylic acids is 1. The van der Waals surface area contributed by atoms with Crippen molar-refractivity contribution < 1.29 is 14.6 Å². The number of para-hydroxylation sites is 1. The topological polar surface area (TPSA) is 59.4 Å². The lowest BCUT2D eigenvalue weighted by Gasteiger charge is -2.09. The molecule has 3 rings (SSSR count). The third-order valence-corrected chi connectivity index (χ3v) is 3.20. The summed E-state index contributed by atoms with van der Waals surface area (Å²) in [7, 11) is 0. The summed E-state index contributed by atoms with van der Waals surface area (Å²) in [6, 6.07) is 16.3. The van der Waals surface area contributed by atoms with E-state index in [1.165, 1.54) is 0 Å². The van der Waals surface area contributed by atoms with Crippen LogP contribution in [0.25, 0.3) is 10.9 Å². The van der Waals surface area contributed by atoms with Gasteiger partial charge in [0.25, 0.3) is 0 Å². The number of nitrogens with zero attached hydrogens (tertiary/aromatic N) is 1. The van der Waals surface area contributed by atoms with Gasteiger partial charge in [-0.05, 0) is 35.9 Å². The lowest BCUT2D eigenvalue weighted by atomic mass is 10.1. The highest BCUT2D eigenvalue weighted by Gasteiger charge is 2.04. The summed E-state index contributed by atoms with van der Waals surface area (Å²) in [5.74, 6) is -0.162. The van der Waals surface area contributed by atoms with Crippen LogP contribution in [0.5, 0.6) is 5.75 Å². The number of hydrogen-bond acceptors (Lipinski definition) is 3. The molecule has 0 saturated carbocycles. The zero-order valence-corrected chi connectivity index (χ0v) is 11.2. The lowest BCUT2D eigenvalue weighted by Crippen LogP contribution is -1.99. The van der Waals surface area contributed by atoms with Gasteiger partial charge in [-0.3, -0.25) is 4.98 Å². The number of fused-ring (bicyclic) bond motifs is 1. The van der Waals surface area contributed by atoms with Crippen LogP contribution >= 0.6 is 0 Å². The van der Waals surface area contributed by atoms with Crippen LogP contribution in [0.2, 0.25) is 0 Å². The summed E-state index contributed by atoms with van der Waals surface area (Å²) < 4.78 is 5.82. The minimum absolute atomic E-state index is 0.271. The Morgan fingerprint density at radius 3 is 2.57 bits per heavy atom. The molecular formula is C17H13NO3. The fourth-order valence-corrected chi connectivity index (χ4v) is 2.10. The first-order chi connectivity index (χ1) is 10.2. The summed E-state index contributed by atoms with van der Waals surface area (Å²) in [5.41, 5.74) is 2.07. The summed E-state index contributed by atoms with van der Waals surface area (Å²) in [4.78, 5) is 15.1. The Hall–Kier alpha value is -2.88. The van der Waals surface area contributed by atoms with E-state index < -0.39 is 5.97 Å². The smallest absolute Gasteiger partial charge is 0.335 e. The van der Waals surface area contributed by atoms with Crippen LogP contribution in [-0.4, -0.2) is 16.1 Å². The van der Waals surface area contributed by atoms with E-state index in [0.29, 0.717) is 6.61 Å². The van der Waals surface area contributed by atoms with Crippen LogP contribution in [0.3, 0.4) is 0 Å². The maximum atomic E-state index is 10.8. The van der Waals surface area contributed by atoms with Gasteiger partial charge in [0.05, 0.1) is 11.1 Å². The molecule has 0 aliphatic rings. The fourth-order valence-electron chi connectivity index (χ4n) is 2.10. The van der Waals surface area contributed by atoms with Gasteiger partial charge in [-0.2, -0.15) is 0 Å². The van der Waals surface area contributed by atoms with Gasteiger partial charge < -0.3 is 9.84 Å². The molecule has 0 unspecified atom stereocenters. The van der Waals surface area contributed by atoms with Gasteiger partial charge in [0.2, 0.25) is 0 Å². The molecule has 21 heavy (non-hydrogen) atoms. The van der Waals surface area contributed by atoms with E-state index in [1.807, 2.05) is 30.3 Å². The second-order valence-corrected chi connectivity index (χ2v) is 4.62. The van der Waals surface area contributed by atoms with Crippen molar-refractivity contribution in [3.8, 4) is 5.75 Å². The van der Waals surface area contributed by atoms with Crippen molar-refractivity contribution in [1.82, 2.24) is 4.98 Å². The molecule has 0 aliphatic heterocycles. The van der Waals surface area contributed by atoms with E-state index in [1.54, 1.807) is 30.5 Å². The van der Waals surface area contributed by atoms with Crippen molar-refractivity contribution in [3.05, 3.63) is 71.9 Å². The Kier molecular flexibility index (Phi) is 3.51. The Bertz CT molecular complexity index is 776. The molecule has 0 aliphatic carbocycles. The molecule has 1 heterocycles. The molecule has 0 fully saturated rings. The molecule has 104 valence electrons. The summed E-state index contributed by atoms with van der Waals surface area (Å²) in [6.45, 7) is 0.383. The van der Waals surface area contributed by atoms with Crippen LogP contribution in [-0.2, 0) is 6.61 Å². The zero-order chi connectivity index (χ0) is 14.7. The van der Waals surface area contributed by atoms with E-state index >= 15 is 0 Å². The van der Waals surface area contributed by atoms with Crippen LogP contribution in [0.1, 0.15) is 15.9 Å². The molecule has 3 aromatic rings. The van der Waals surface area contributed by atoms with E-state index in [0.717, 1.165) is 22.2 Å². The minimum Gasteiger partial charge on any atom is -0.488 e. The van der Waals surface area contributed by atoms with Gasteiger partial charge in [0.1, 0.15) is 12.4 Å². The maximum absolute atomic E-state index is 10.8. The Morgan fingerprint density at radius 2 is 1.81 bits per heavy atom. The molecule has 2 aromatic carbocycles. The third-order valence-electron chi connectivity index (χ3n) is 3.20. The van der Waals surface area contributed by atoms with E-state index in [-0.39, 0.29) is 5.56 Å². The van der Waals surface area contributed by atoms with Crippen molar-refractivity contribution >= 4 is 16.9 Å². The SMILES string of the molecule is O=C(O)c1ccc(COc2ccnc3ccccc23)cc1. The number of rotatable bonds is 4. The summed E-state index contributed by atoms with van der Waals surface area (Å²) >= 11 is 0. The number of pyridine rings is 1. The quantitative estimate of drug-likeness (QED) is 0.794. The largest absolute Gasteiger partial charge is 0.488 e. The predicted molar refractivity (Wildman–Crippen MR) is 79.5 cm³/mol. The first-order valence-electron chi connectivity index (χ1n) is 6.53. The number of carbonyl (C=O) groups is 1. The third kappa shape index (κ3) is 2.84. The van der Waals surface area contributed by atoms with Crippen molar-refractivity contribution in [2.24, 2.45) is 0 Å². The Balaban J connectivity index is 1.79. The fraction of sp³-hybridized carbons (Fsp3) is 0.0588. The van der Waals surface area contributed by atoms with Crippen molar-refractivity contribution in [3.63, 3.8) is 0 Å². The highest BCUT2D eigenvalue weighted by atomic mass is 16.5. The van der Waals surface area contributed by atoms with Gasteiger partial charge in [-0.15, -0.1) is 0 Å². The first kappa shape index (κ1) is 13.1. The number of aromatic carboxylic acids is 1. The van der Waals surface area contributed by atoms with E-state index in [4.69, 9.17) is 9.84 Å². The highest BCUT2D eigenvalue weighted by Crippen LogP contribution is 2.24. The van der Waals surface area contributed by atoms with E-state index in [2.05, 4.69) is 4.98 Å². The van der Waals surface area contributed by atoms with Gasteiger partial charge in [0.15, 0.2) is 0 Å². The second-order valence-electron chi connectivity index (χ2n) is 4.62. The summed E-state index contributed by atoms with van der Waals surface area (Å²) in [5, 5.41) is 9.82. The molecule has 0 saturated heterocycles. The maximum Gasteiger partial charge on any atom is 0.335 e. The standard InChI is InChI=1S/C17H13NO3/c19-17(20)13-7-5-12(6-8-13)11-21-16-9-10-18-15-4-2-1-3-14(15)16/h1-10H,11H2,(H,19,20). The second kappa shape index (κ2) is 5.63. The normalized spacial score (nSPS) is 10.5. The predicted octanol–water partition coefficient (Wildman–Crippen LogP) is 3.51. The zero-order valence-electron chi connectivity index (χ0n) is 11.2.